The van der Waals surface area contributed by atoms with Gasteiger partial charge in [0.15, 0.2) is 24.4 Å². The van der Waals surface area contributed by atoms with Crippen molar-refractivity contribution in [2.75, 3.05) is 20.3 Å². The van der Waals surface area contributed by atoms with Crippen molar-refractivity contribution >= 4 is 23.8 Å². The number of rotatable bonds is 6. The highest BCUT2D eigenvalue weighted by Gasteiger charge is 2.13. The van der Waals surface area contributed by atoms with Crippen LogP contribution in [0.1, 0.15) is 10.4 Å². The molecule has 6 heteroatoms. The lowest BCUT2D eigenvalue weighted by atomic mass is 10.2. The van der Waals surface area contributed by atoms with Crippen LogP contribution >= 0.6 is 11.6 Å². The van der Waals surface area contributed by atoms with Crippen molar-refractivity contribution in [2.45, 2.75) is 0 Å². The van der Waals surface area contributed by atoms with Gasteiger partial charge in [0.2, 0.25) is 0 Å². The highest BCUT2D eigenvalue weighted by atomic mass is 35.5. The summed E-state index contributed by atoms with van der Waals surface area (Å²) in [5.74, 6) is 2.31. The fraction of sp³-hybridized carbons (Fsp3) is 0.231. The highest BCUT2D eigenvalue weighted by Crippen LogP contribution is 2.33. The van der Waals surface area contributed by atoms with Gasteiger partial charge in [0.1, 0.15) is 0 Å². The van der Waals surface area contributed by atoms with Gasteiger partial charge in [-0.15, -0.1) is 6.42 Å². The van der Waals surface area contributed by atoms with Gasteiger partial charge < -0.3 is 14.8 Å². The third kappa shape index (κ3) is 4.19. The molecule has 0 saturated carbocycles. The van der Waals surface area contributed by atoms with Crippen molar-refractivity contribution < 1.29 is 19.1 Å². The molecule has 5 nitrogen and oxygen atoms in total. The van der Waals surface area contributed by atoms with E-state index in [0.29, 0.717) is 11.3 Å². The number of carbonyl (C=O) groups excluding carboxylic acids is 2. The number of halogens is 1. The minimum Gasteiger partial charge on any atom is -0.493 e. The van der Waals surface area contributed by atoms with Crippen molar-refractivity contribution in [1.82, 2.24) is 5.32 Å². The summed E-state index contributed by atoms with van der Waals surface area (Å²) in [6.07, 6.45) is 5.58. The molecule has 19 heavy (non-hydrogen) atoms. The summed E-state index contributed by atoms with van der Waals surface area (Å²) in [4.78, 5) is 22.3. The number of nitrogens with one attached hydrogen (secondary N) is 1. The molecule has 0 aromatic heterocycles. The number of carbonyl (C=O) groups is 2. The smallest absolute Gasteiger partial charge is 0.258 e. The van der Waals surface area contributed by atoms with Gasteiger partial charge in [0, 0.05) is 11.1 Å². The molecule has 0 aliphatic carbocycles. The fourth-order valence-electron chi connectivity index (χ4n) is 1.32. The quantitative estimate of drug-likeness (QED) is 0.630. The van der Waals surface area contributed by atoms with Crippen molar-refractivity contribution in [2.24, 2.45) is 0 Å². The minimum atomic E-state index is -0.396. The van der Waals surface area contributed by atoms with Gasteiger partial charge in [-0.1, -0.05) is 17.5 Å². The minimum absolute atomic E-state index is 0.112. The summed E-state index contributed by atoms with van der Waals surface area (Å²) in [6, 6.07) is 2.91. The molecule has 0 unspecified atom stereocenters. The number of benzene rings is 1. The third-order valence-electron chi connectivity index (χ3n) is 2.13. The van der Waals surface area contributed by atoms with Crippen LogP contribution in [-0.2, 0) is 4.79 Å². The molecule has 100 valence electrons. The summed E-state index contributed by atoms with van der Waals surface area (Å²) < 4.78 is 10.3. The van der Waals surface area contributed by atoms with Crippen LogP contribution in [0.4, 0.5) is 0 Å². The molecule has 0 radical (unpaired) electrons. The Morgan fingerprint density at radius 2 is 2.32 bits per heavy atom. The first-order valence-corrected chi connectivity index (χ1v) is 5.65. The number of hydrogen-bond donors (Lipinski definition) is 1. The first kappa shape index (κ1) is 14.9. The number of hydrogen-bond acceptors (Lipinski definition) is 4. The van der Waals surface area contributed by atoms with E-state index < -0.39 is 5.91 Å². The Bertz CT molecular complexity index is 522. The average Bonchev–Trinajstić information content (AvgIpc) is 2.42. The second-order valence-electron chi connectivity index (χ2n) is 3.41. The van der Waals surface area contributed by atoms with Gasteiger partial charge in [-0.25, -0.2) is 0 Å². The van der Waals surface area contributed by atoms with E-state index in [1.165, 1.54) is 19.2 Å². The second kappa shape index (κ2) is 7.29. The largest absolute Gasteiger partial charge is 0.493 e. The lowest BCUT2D eigenvalue weighted by molar-refractivity contribution is -0.122. The van der Waals surface area contributed by atoms with Gasteiger partial charge >= 0.3 is 0 Å². The molecule has 1 rings (SSSR count). The summed E-state index contributed by atoms with van der Waals surface area (Å²) in [5.41, 5.74) is 0.203. The molecule has 0 aliphatic rings. The lowest BCUT2D eigenvalue weighted by Gasteiger charge is -2.12. The van der Waals surface area contributed by atoms with Crippen LogP contribution in [0.25, 0.3) is 0 Å². The van der Waals surface area contributed by atoms with Gasteiger partial charge in [-0.2, -0.15) is 0 Å². The second-order valence-corrected chi connectivity index (χ2v) is 3.85. The molecule has 0 bridgehead atoms. The maximum Gasteiger partial charge on any atom is 0.258 e. The zero-order valence-corrected chi connectivity index (χ0v) is 11.0. The topological polar surface area (TPSA) is 64.6 Å². The van der Waals surface area contributed by atoms with E-state index in [4.69, 9.17) is 27.5 Å². The monoisotopic (exact) mass is 281 g/mol. The summed E-state index contributed by atoms with van der Waals surface area (Å²) in [5, 5.41) is 2.77. The number of amides is 1. The number of ether oxygens (including phenoxy) is 2. The van der Waals surface area contributed by atoms with E-state index in [0.717, 1.165) is 0 Å². The maximum atomic E-state index is 11.4. The Morgan fingerprint density at radius 3 is 2.89 bits per heavy atom. The van der Waals surface area contributed by atoms with E-state index in [-0.39, 0.29) is 30.2 Å². The van der Waals surface area contributed by atoms with Gasteiger partial charge in [0.25, 0.3) is 5.91 Å². The molecule has 1 aromatic rings. The molecule has 0 atom stereocenters. The summed E-state index contributed by atoms with van der Waals surface area (Å²) in [7, 11) is 1.41. The SMILES string of the molecule is C#CCNC(=O)COc1c(C=O)cc(Cl)cc1OC. The molecular weight excluding hydrogens is 270 g/mol. The Kier molecular flexibility index (Phi) is 5.71. The maximum absolute atomic E-state index is 11.4. The molecule has 1 amide bonds. The van der Waals surface area contributed by atoms with Crippen LogP contribution in [0.2, 0.25) is 5.02 Å². The van der Waals surface area contributed by atoms with Crippen molar-refractivity contribution in [3.8, 4) is 23.8 Å². The Labute approximate surface area is 115 Å². The highest BCUT2D eigenvalue weighted by molar-refractivity contribution is 6.31. The van der Waals surface area contributed by atoms with Crippen LogP contribution < -0.4 is 14.8 Å². The van der Waals surface area contributed by atoms with Crippen molar-refractivity contribution in [3.05, 3.63) is 22.7 Å². The summed E-state index contributed by atoms with van der Waals surface area (Å²) in [6.45, 7) is -0.166. The Morgan fingerprint density at radius 1 is 1.58 bits per heavy atom. The average molecular weight is 282 g/mol. The Hall–Kier alpha value is -2.19. The van der Waals surface area contributed by atoms with Crippen molar-refractivity contribution in [3.63, 3.8) is 0 Å². The van der Waals surface area contributed by atoms with E-state index in [1.54, 1.807) is 0 Å². The van der Waals surface area contributed by atoms with Crippen LogP contribution in [0.5, 0.6) is 11.5 Å². The van der Waals surface area contributed by atoms with Gasteiger partial charge in [-0.05, 0) is 6.07 Å². The molecule has 0 spiro atoms. The number of methoxy groups -OCH3 is 1. The van der Waals surface area contributed by atoms with E-state index >= 15 is 0 Å². The molecule has 0 fully saturated rings. The molecule has 1 aromatic carbocycles. The van der Waals surface area contributed by atoms with Crippen molar-refractivity contribution in [1.29, 1.82) is 0 Å². The first-order valence-electron chi connectivity index (χ1n) is 5.28. The lowest BCUT2D eigenvalue weighted by Crippen LogP contribution is -2.29. The first-order chi connectivity index (χ1) is 9.12. The standard InChI is InChI=1S/C13H12ClNO4/c1-3-4-15-12(17)8-19-13-9(7-16)5-10(14)6-11(13)18-2/h1,5-7H,4,8H2,2H3,(H,15,17). The van der Waals surface area contributed by atoms with Crippen LogP contribution in [0.15, 0.2) is 12.1 Å². The number of aldehydes is 1. The predicted molar refractivity (Wildman–Crippen MR) is 70.7 cm³/mol. The molecule has 0 aliphatic heterocycles. The summed E-state index contributed by atoms with van der Waals surface area (Å²) >= 11 is 5.81. The number of terminal acetylenes is 1. The van der Waals surface area contributed by atoms with E-state index in [9.17, 15) is 9.59 Å². The zero-order chi connectivity index (χ0) is 14.3. The van der Waals surface area contributed by atoms with Gasteiger partial charge in [0.05, 0.1) is 19.2 Å². The molecular formula is C13H12ClNO4. The molecule has 1 N–H and O–H groups in total. The molecule has 0 heterocycles. The van der Waals surface area contributed by atoms with Gasteiger partial charge in [-0.3, -0.25) is 9.59 Å². The van der Waals surface area contributed by atoms with Crippen LogP contribution in [0, 0.1) is 12.3 Å². The predicted octanol–water partition coefficient (Wildman–Crippen LogP) is 1.29. The zero-order valence-electron chi connectivity index (χ0n) is 10.2. The Balaban J connectivity index is 2.85. The molecule has 0 saturated heterocycles. The third-order valence-corrected chi connectivity index (χ3v) is 2.35. The van der Waals surface area contributed by atoms with E-state index in [1.807, 2.05) is 0 Å². The fourth-order valence-corrected chi connectivity index (χ4v) is 1.54. The van der Waals surface area contributed by atoms with E-state index in [2.05, 4.69) is 11.2 Å². The van der Waals surface area contributed by atoms with Crippen LogP contribution in [-0.4, -0.2) is 32.5 Å². The normalized spacial score (nSPS) is 9.32. The van der Waals surface area contributed by atoms with Crippen LogP contribution in [0.3, 0.4) is 0 Å².